The van der Waals surface area contributed by atoms with Crippen LogP contribution in [0.5, 0.6) is 0 Å². The fraction of sp³-hybridized carbons (Fsp3) is 0. The summed E-state index contributed by atoms with van der Waals surface area (Å²) in [5, 5.41) is 9.89. The first-order chi connectivity index (χ1) is 8.22. The monoisotopic (exact) mass is 241 g/mol. The van der Waals surface area contributed by atoms with Crippen molar-refractivity contribution in [2.24, 2.45) is 0 Å². The van der Waals surface area contributed by atoms with Crippen LogP contribution in [-0.2, 0) is 0 Å². The molecule has 84 valence electrons. The van der Waals surface area contributed by atoms with Crippen molar-refractivity contribution >= 4 is 33.1 Å². The zero-order chi connectivity index (χ0) is 12.3. The minimum atomic E-state index is 0.0279. The summed E-state index contributed by atoms with van der Waals surface area (Å²) in [6, 6.07) is 14.1. The molecule has 2 aromatic rings. The van der Waals surface area contributed by atoms with Crippen molar-refractivity contribution in [3.63, 3.8) is 0 Å². The quantitative estimate of drug-likeness (QED) is 0.599. The van der Waals surface area contributed by atoms with Crippen molar-refractivity contribution in [2.75, 3.05) is 0 Å². The Morgan fingerprint density at radius 2 is 1.82 bits per heavy atom. The third-order valence-electron chi connectivity index (χ3n) is 2.58. The molecule has 0 aliphatic rings. The van der Waals surface area contributed by atoms with Crippen LogP contribution in [0.15, 0.2) is 61.2 Å². The lowest BCUT2D eigenvalue weighted by Gasteiger charge is -2.05. The molecule has 17 heavy (non-hydrogen) atoms. The van der Waals surface area contributed by atoms with Gasteiger partial charge in [-0.1, -0.05) is 66.7 Å². The first kappa shape index (κ1) is 11.6. The van der Waals surface area contributed by atoms with E-state index in [-0.39, 0.29) is 5.17 Å². The van der Waals surface area contributed by atoms with E-state index in [4.69, 9.17) is 17.0 Å². The average Bonchev–Trinajstić information content (AvgIpc) is 2.35. The second kappa shape index (κ2) is 4.98. The van der Waals surface area contributed by atoms with Crippen LogP contribution in [0.1, 0.15) is 5.56 Å². The van der Waals surface area contributed by atoms with Crippen molar-refractivity contribution < 1.29 is 0 Å². The van der Waals surface area contributed by atoms with Crippen LogP contribution in [0.3, 0.4) is 0 Å². The molecule has 0 atom stereocenters. The van der Waals surface area contributed by atoms with E-state index >= 15 is 0 Å². The van der Waals surface area contributed by atoms with Crippen molar-refractivity contribution in [1.82, 2.24) is 0 Å². The summed E-state index contributed by atoms with van der Waals surface area (Å²) < 4.78 is 0. The normalized spacial score (nSPS) is 11.5. The highest BCUT2D eigenvalue weighted by Gasteiger charge is 2.05. The van der Waals surface area contributed by atoms with Crippen molar-refractivity contribution in [2.45, 2.75) is 0 Å². The standard InChI is InChI=1S/C15H12ClN/c1-2-5-14(15(16)17)13-9-8-11-6-3-4-7-12(11)10-13/h2-10,17H,1H2/b14-5-,17-15?. The Kier molecular flexibility index (Phi) is 3.40. The van der Waals surface area contributed by atoms with Gasteiger partial charge in [-0.2, -0.15) is 0 Å². The molecule has 0 saturated carbocycles. The highest BCUT2D eigenvalue weighted by Crippen LogP contribution is 2.23. The third-order valence-corrected chi connectivity index (χ3v) is 2.79. The second-order valence-corrected chi connectivity index (χ2v) is 4.07. The zero-order valence-electron chi connectivity index (χ0n) is 9.28. The van der Waals surface area contributed by atoms with E-state index in [1.807, 2.05) is 36.4 Å². The van der Waals surface area contributed by atoms with E-state index < -0.39 is 0 Å². The zero-order valence-corrected chi connectivity index (χ0v) is 10.0. The predicted molar refractivity (Wildman–Crippen MR) is 75.7 cm³/mol. The van der Waals surface area contributed by atoms with Crippen LogP contribution in [-0.4, -0.2) is 5.17 Å². The van der Waals surface area contributed by atoms with E-state index in [0.717, 1.165) is 10.9 Å². The maximum atomic E-state index is 7.55. The maximum absolute atomic E-state index is 7.55. The van der Waals surface area contributed by atoms with Gasteiger partial charge >= 0.3 is 0 Å². The van der Waals surface area contributed by atoms with Crippen LogP contribution in [0, 0.1) is 5.41 Å². The van der Waals surface area contributed by atoms with Gasteiger partial charge in [-0.25, -0.2) is 0 Å². The number of hydrogen-bond donors (Lipinski definition) is 1. The van der Waals surface area contributed by atoms with Gasteiger partial charge in [-0.15, -0.1) is 0 Å². The largest absolute Gasteiger partial charge is 0.289 e. The van der Waals surface area contributed by atoms with Gasteiger partial charge < -0.3 is 0 Å². The summed E-state index contributed by atoms with van der Waals surface area (Å²) in [4.78, 5) is 0. The van der Waals surface area contributed by atoms with Gasteiger partial charge in [0.05, 0.1) is 0 Å². The molecule has 0 fully saturated rings. The van der Waals surface area contributed by atoms with Gasteiger partial charge in [0.1, 0.15) is 5.17 Å². The molecule has 0 spiro atoms. The molecule has 2 rings (SSSR count). The summed E-state index contributed by atoms with van der Waals surface area (Å²) in [6.07, 6.45) is 3.39. The number of fused-ring (bicyclic) bond motifs is 1. The molecule has 0 heterocycles. The molecular weight excluding hydrogens is 230 g/mol. The summed E-state index contributed by atoms with van der Waals surface area (Å²) in [5.74, 6) is 0. The molecule has 0 aliphatic heterocycles. The topological polar surface area (TPSA) is 23.9 Å². The molecule has 0 amide bonds. The molecule has 0 aliphatic carbocycles. The van der Waals surface area contributed by atoms with Gasteiger partial charge in [-0.3, -0.25) is 5.41 Å². The number of hydrogen-bond acceptors (Lipinski definition) is 1. The molecule has 0 saturated heterocycles. The molecule has 0 radical (unpaired) electrons. The summed E-state index contributed by atoms with van der Waals surface area (Å²) in [5.41, 5.74) is 1.62. The molecule has 0 aromatic heterocycles. The van der Waals surface area contributed by atoms with E-state index in [1.54, 1.807) is 12.2 Å². The smallest absolute Gasteiger partial charge is 0.128 e. The van der Waals surface area contributed by atoms with E-state index in [0.29, 0.717) is 5.57 Å². The van der Waals surface area contributed by atoms with Crippen molar-refractivity contribution in [3.8, 4) is 0 Å². The Bertz CT molecular complexity index is 611. The molecule has 2 aromatic carbocycles. The third kappa shape index (κ3) is 2.45. The first-order valence-electron chi connectivity index (χ1n) is 5.28. The highest BCUT2D eigenvalue weighted by atomic mass is 35.5. The first-order valence-corrected chi connectivity index (χ1v) is 5.66. The Morgan fingerprint density at radius 3 is 2.47 bits per heavy atom. The van der Waals surface area contributed by atoms with Gasteiger partial charge in [0.15, 0.2) is 0 Å². The summed E-state index contributed by atoms with van der Waals surface area (Å²) in [7, 11) is 0. The van der Waals surface area contributed by atoms with Crippen molar-refractivity contribution in [3.05, 3.63) is 66.8 Å². The van der Waals surface area contributed by atoms with E-state index in [2.05, 4.69) is 12.6 Å². The van der Waals surface area contributed by atoms with Gasteiger partial charge in [0.25, 0.3) is 0 Å². The van der Waals surface area contributed by atoms with Crippen LogP contribution >= 0.6 is 11.6 Å². The molecule has 1 nitrogen and oxygen atoms in total. The van der Waals surface area contributed by atoms with Gasteiger partial charge in [-0.05, 0) is 22.4 Å². The van der Waals surface area contributed by atoms with Gasteiger partial charge in [0, 0.05) is 5.57 Å². The number of allylic oxidation sites excluding steroid dienone is 3. The number of rotatable bonds is 3. The Hall–Kier alpha value is -1.86. The van der Waals surface area contributed by atoms with E-state index in [9.17, 15) is 0 Å². The lowest BCUT2D eigenvalue weighted by Crippen LogP contribution is -1.92. The highest BCUT2D eigenvalue weighted by molar-refractivity contribution is 6.75. The minimum absolute atomic E-state index is 0.0279. The SMILES string of the molecule is C=C/C=C(\C(=N)Cl)c1ccc2ccccc2c1. The lowest BCUT2D eigenvalue weighted by atomic mass is 10.0. The number of halogens is 1. The second-order valence-electron chi connectivity index (χ2n) is 3.69. The number of benzene rings is 2. The van der Waals surface area contributed by atoms with Crippen molar-refractivity contribution in [1.29, 1.82) is 5.41 Å². The molecule has 0 unspecified atom stereocenters. The van der Waals surface area contributed by atoms with Crippen LogP contribution in [0.4, 0.5) is 0 Å². The fourth-order valence-electron chi connectivity index (χ4n) is 1.77. The summed E-state index contributed by atoms with van der Waals surface area (Å²) >= 11 is 5.78. The van der Waals surface area contributed by atoms with Crippen LogP contribution < -0.4 is 0 Å². The molecule has 2 heteroatoms. The lowest BCUT2D eigenvalue weighted by molar-refractivity contribution is 1.55. The Balaban J connectivity index is 2.59. The fourth-order valence-corrected chi connectivity index (χ4v) is 1.94. The molecular formula is C15H12ClN. The summed E-state index contributed by atoms with van der Waals surface area (Å²) in [6.45, 7) is 3.64. The predicted octanol–water partition coefficient (Wildman–Crippen LogP) is 4.63. The minimum Gasteiger partial charge on any atom is -0.289 e. The van der Waals surface area contributed by atoms with E-state index in [1.165, 1.54) is 5.39 Å². The molecule has 1 N–H and O–H groups in total. The number of nitrogens with one attached hydrogen (secondary N) is 1. The van der Waals surface area contributed by atoms with Crippen LogP contribution in [0.25, 0.3) is 16.3 Å². The van der Waals surface area contributed by atoms with Gasteiger partial charge in [0.2, 0.25) is 0 Å². The molecule has 0 bridgehead atoms. The Morgan fingerprint density at radius 1 is 1.12 bits per heavy atom. The van der Waals surface area contributed by atoms with Crippen LogP contribution in [0.2, 0.25) is 0 Å². The average molecular weight is 242 g/mol. The maximum Gasteiger partial charge on any atom is 0.128 e. The Labute approximate surface area is 106 Å².